The Hall–Kier alpha value is -4.39. The highest BCUT2D eigenvalue weighted by Gasteiger charge is 2.56. The molecule has 0 saturated carbocycles. The molecule has 0 aliphatic carbocycles. The minimum absolute atomic E-state index is 0.0446. The fourth-order valence-electron chi connectivity index (χ4n) is 3.84. The maximum atomic E-state index is 13.6. The van der Waals surface area contributed by atoms with E-state index in [0.29, 0.717) is 11.1 Å². The van der Waals surface area contributed by atoms with Crippen LogP contribution < -0.4 is 5.32 Å². The van der Waals surface area contributed by atoms with E-state index >= 15 is 0 Å². The second-order valence-electron chi connectivity index (χ2n) is 7.88. The van der Waals surface area contributed by atoms with Gasteiger partial charge in [0, 0.05) is 11.1 Å². The van der Waals surface area contributed by atoms with E-state index in [0.717, 1.165) is 0 Å². The number of esters is 2. The zero-order valence-electron chi connectivity index (χ0n) is 20.2. The van der Waals surface area contributed by atoms with Crippen molar-refractivity contribution in [2.45, 2.75) is 25.3 Å². The molecule has 3 rings (SSSR count). The lowest BCUT2D eigenvalue weighted by Crippen LogP contribution is -2.64. The number of hydrogen-bond acceptors (Lipinski definition) is 6. The first kappa shape index (κ1) is 26.2. The van der Waals surface area contributed by atoms with Crippen LogP contribution in [-0.4, -0.2) is 41.7 Å². The number of ether oxygens (including phenoxy) is 2. The summed E-state index contributed by atoms with van der Waals surface area (Å²) in [6, 6.07) is 25.5. The fraction of sp³-hybridized carbons (Fsp3) is 0.207. The van der Waals surface area contributed by atoms with Gasteiger partial charge in [-0.25, -0.2) is 9.59 Å². The van der Waals surface area contributed by atoms with E-state index in [2.05, 4.69) is 5.32 Å². The normalized spacial score (nSPS) is 12.3. The number of hydrogen-bond donors (Lipinski definition) is 2. The van der Waals surface area contributed by atoms with Crippen molar-refractivity contribution in [3.05, 3.63) is 114 Å². The second kappa shape index (κ2) is 12.4. The molecular weight excluding hydrogens is 458 g/mol. The summed E-state index contributed by atoms with van der Waals surface area (Å²) in [6.45, 7) is 3.11. The molecule has 0 bridgehead atoms. The molecule has 186 valence electrons. The first-order chi connectivity index (χ1) is 17.4. The van der Waals surface area contributed by atoms with Gasteiger partial charge in [-0.3, -0.25) is 4.79 Å². The van der Waals surface area contributed by atoms with E-state index in [1.54, 1.807) is 105 Å². The Labute approximate surface area is 210 Å². The summed E-state index contributed by atoms with van der Waals surface area (Å²) in [4.78, 5) is 40.6. The number of amides is 1. The predicted octanol–water partition coefficient (Wildman–Crippen LogP) is 4.66. The molecule has 36 heavy (non-hydrogen) atoms. The molecule has 1 unspecified atom stereocenters. The van der Waals surface area contributed by atoms with Gasteiger partial charge in [-0.1, -0.05) is 78.9 Å². The zero-order chi connectivity index (χ0) is 26.0. The first-order valence-corrected chi connectivity index (χ1v) is 11.7. The molecule has 7 heteroatoms. The van der Waals surface area contributed by atoms with Crippen LogP contribution in [0.3, 0.4) is 0 Å². The van der Waals surface area contributed by atoms with Crippen molar-refractivity contribution in [2.75, 3.05) is 13.2 Å². The average molecular weight is 488 g/mol. The van der Waals surface area contributed by atoms with Crippen LogP contribution in [0.25, 0.3) is 5.76 Å². The molecule has 3 aromatic carbocycles. The van der Waals surface area contributed by atoms with Crippen molar-refractivity contribution in [3.8, 4) is 0 Å². The fourth-order valence-corrected chi connectivity index (χ4v) is 3.84. The smallest absolute Gasteiger partial charge is 0.344 e. The Balaban J connectivity index is 2.28. The van der Waals surface area contributed by atoms with Crippen LogP contribution in [-0.2, 0) is 19.1 Å². The number of nitrogens with one attached hydrogen (secondary N) is 1. The van der Waals surface area contributed by atoms with Gasteiger partial charge in [-0.15, -0.1) is 0 Å². The van der Waals surface area contributed by atoms with Crippen molar-refractivity contribution in [1.29, 1.82) is 0 Å². The first-order valence-electron chi connectivity index (χ1n) is 11.7. The molecule has 0 radical (unpaired) electrons. The highest BCUT2D eigenvalue weighted by Crippen LogP contribution is 2.35. The van der Waals surface area contributed by atoms with Crippen LogP contribution in [0, 0.1) is 0 Å². The Morgan fingerprint density at radius 3 is 1.69 bits per heavy atom. The van der Waals surface area contributed by atoms with E-state index in [1.165, 1.54) is 6.08 Å². The maximum Gasteiger partial charge on any atom is 0.344 e. The van der Waals surface area contributed by atoms with Crippen molar-refractivity contribution < 1.29 is 29.0 Å². The van der Waals surface area contributed by atoms with E-state index in [9.17, 15) is 19.5 Å². The third-order valence-electron chi connectivity index (χ3n) is 5.56. The number of aliphatic hydroxyl groups excluding tert-OH is 1. The van der Waals surface area contributed by atoms with E-state index < -0.39 is 29.3 Å². The topological polar surface area (TPSA) is 102 Å². The lowest BCUT2D eigenvalue weighted by Gasteiger charge is -2.36. The van der Waals surface area contributed by atoms with E-state index in [4.69, 9.17) is 9.47 Å². The van der Waals surface area contributed by atoms with Crippen LogP contribution in [0.2, 0.25) is 0 Å². The standard InChI is InChI=1S/C29H29NO6/c1-3-35-27(33)29(28(34)36-4-2,30-26(32)23-18-12-7-13-19-23)24(21-14-8-5-9-15-21)20-25(31)22-16-10-6-11-17-22/h5-20,24,31H,3-4H2,1-2H3,(H,30,32)/b25-20+. The maximum absolute atomic E-state index is 13.6. The lowest BCUT2D eigenvalue weighted by molar-refractivity contribution is -0.166. The summed E-state index contributed by atoms with van der Waals surface area (Å²) in [6.07, 6.45) is 1.36. The summed E-state index contributed by atoms with van der Waals surface area (Å²) < 4.78 is 10.7. The van der Waals surface area contributed by atoms with Gasteiger partial charge in [-0.2, -0.15) is 0 Å². The van der Waals surface area contributed by atoms with Crippen molar-refractivity contribution in [3.63, 3.8) is 0 Å². The molecule has 0 aliphatic rings. The largest absolute Gasteiger partial charge is 0.508 e. The van der Waals surface area contributed by atoms with Crippen LogP contribution in [0.4, 0.5) is 0 Å². The SMILES string of the molecule is CCOC(=O)C(NC(=O)c1ccccc1)(C(=O)OCC)C(/C=C(/O)c1ccccc1)c1ccccc1. The van der Waals surface area contributed by atoms with E-state index in [1.807, 2.05) is 0 Å². The minimum atomic E-state index is -2.33. The quantitative estimate of drug-likeness (QED) is 0.245. The molecular formula is C29H29NO6. The zero-order valence-corrected chi connectivity index (χ0v) is 20.2. The molecule has 0 aliphatic heterocycles. The highest BCUT2D eigenvalue weighted by molar-refractivity contribution is 6.11. The summed E-state index contributed by atoms with van der Waals surface area (Å²) in [5.74, 6) is -4.04. The average Bonchev–Trinajstić information content (AvgIpc) is 2.92. The monoisotopic (exact) mass is 487 g/mol. The van der Waals surface area contributed by atoms with Gasteiger partial charge in [0.15, 0.2) is 0 Å². The van der Waals surface area contributed by atoms with Crippen LogP contribution in [0.1, 0.15) is 41.3 Å². The Morgan fingerprint density at radius 1 is 0.778 bits per heavy atom. The molecule has 2 N–H and O–H groups in total. The van der Waals surface area contributed by atoms with Crippen LogP contribution in [0.15, 0.2) is 97.1 Å². The molecule has 1 atom stereocenters. The van der Waals surface area contributed by atoms with E-state index in [-0.39, 0.29) is 24.5 Å². The Morgan fingerprint density at radius 2 is 1.22 bits per heavy atom. The number of aliphatic hydroxyl groups is 1. The van der Waals surface area contributed by atoms with Gasteiger partial charge in [0.2, 0.25) is 5.54 Å². The number of carbonyl (C=O) groups is 3. The molecule has 0 fully saturated rings. The molecule has 3 aromatic rings. The third kappa shape index (κ3) is 5.81. The van der Waals surface area contributed by atoms with Gasteiger partial charge in [-0.05, 0) is 37.6 Å². The Kier molecular flexibility index (Phi) is 9.00. The summed E-state index contributed by atoms with van der Waals surface area (Å²) in [7, 11) is 0. The second-order valence-corrected chi connectivity index (χ2v) is 7.88. The van der Waals surface area contributed by atoms with Crippen molar-refractivity contribution in [2.24, 2.45) is 0 Å². The van der Waals surface area contributed by atoms with Crippen molar-refractivity contribution >= 4 is 23.6 Å². The number of rotatable bonds is 10. The molecule has 0 saturated heterocycles. The van der Waals surface area contributed by atoms with Crippen LogP contribution >= 0.6 is 0 Å². The summed E-state index contributed by atoms with van der Waals surface area (Å²) >= 11 is 0. The third-order valence-corrected chi connectivity index (χ3v) is 5.56. The molecule has 1 amide bonds. The van der Waals surface area contributed by atoms with Gasteiger partial charge >= 0.3 is 11.9 Å². The Bertz CT molecular complexity index is 1170. The van der Waals surface area contributed by atoms with Gasteiger partial charge < -0.3 is 19.9 Å². The molecule has 0 spiro atoms. The molecule has 0 aromatic heterocycles. The number of carbonyl (C=O) groups excluding carboxylic acids is 3. The molecule has 7 nitrogen and oxygen atoms in total. The highest BCUT2D eigenvalue weighted by atomic mass is 16.6. The van der Waals surface area contributed by atoms with Crippen LogP contribution in [0.5, 0.6) is 0 Å². The van der Waals surface area contributed by atoms with Crippen molar-refractivity contribution in [1.82, 2.24) is 5.32 Å². The summed E-state index contributed by atoms with van der Waals surface area (Å²) in [5.41, 5.74) is -1.15. The van der Waals surface area contributed by atoms with Gasteiger partial charge in [0.05, 0.1) is 19.1 Å². The van der Waals surface area contributed by atoms with Gasteiger partial charge in [0.1, 0.15) is 5.76 Å². The lowest BCUT2D eigenvalue weighted by atomic mass is 9.77. The summed E-state index contributed by atoms with van der Waals surface area (Å²) in [5, 5.41) is 13.7. The minimum Gasteiger partial charge on any atom is -0.508 e. The van der Waals surface area contributed by atoms with Gasteiger partial charge in [0.25, 0.3) is 5.91 Å². The predicted molar refractivity (Wildman–Crippen MR) is 136 cm³/mol. The molecule has 0 heterocycles. The number of benzene rings is 3.